The highest BCUT2D eigenvalue weighted by atomic mass is 32.2. The Morgan fingerprint density at radius 1 is 1.23 bits per heavy atom. The summed E-state index contributed by atoms with van der Waals surface area (Å²) < 4.78 is 1.08. The average molecular weight is 205 g/mol. The molecule has 0 aliphatic rings. The Labute approximate surface area is 85.3 Å². The molecule has 4 heteroatoms. The number of quaternary nitrogens is 1. The van der Waals surface area contributed by atoms with Crippen LogP contribution in [0.15, 0.2) is 0 Å². The standard InChI is InChI=1S/C9H20N2OS/c1-4-11(5-2,6-3)7-8-13-9(10)12/h4-8H2,1-3H3,(H-,10,12)/p+1. The smallest absolute Gasteiger partial charge is 0.276 e. The Balaban J connectivity index is 3.88. The van der Waals surface area contributed by atoms with Gasteiger partial charge in [-0.25, -0.2) is 0 Å². The number of hydrogen-bond acceptors (Lipinski definition) is 2. The van der Waals surface area contributed by atoms with Crippen molar-refractivity contribution in [3.63, 3.8) is 0 Å². The second kappa shape index (κ2) is 6.27. The number of carbonyl (C=O) groups is 1. The van der Waals surface area contributed by atoms with E-state index in [4.69, 9.17) is 5.73 Å². The quantitative estimate of drug-likeness (QED) is 0.670. The predicted molar refractivity (Wildman–Crippen MR) is 58.8 cm³/mol. The van der Waals surface area contributed by atoms with Crippen LogP contribution in [0.4, 0.5) is 4.79 Å². The van der Waals surface area contributed by atoms with Gasteiger partial charge in [0.2, 0.25) is 0 Å². The maximum Gasteiger partial charge on any atom is 0.276 e. The third kappa shape index (κ3) is 4.52. The van der Waals surface area contributed by atoms with Crippen LogP contribution in [0.25, 0.3) is 0 Å². The largest absolute Gasteiger partial charge is 0.361 e. The summed E-state index contributed by atoms with van der Waals surface area (Å²) >= 11 is 1.23. The molecular formula is C9H21N2OS+. The van der Waals surface area contributed by atoms with Crippen LogP contribution < -0.4 is 5.73 Å². The minimum Gasteiger partial charge on any atom is -0.361 e. The van der Waals surface area contributed by atoms with Gasteiger partial charge >= 0.3 is 0 Å². The highest BCUT2D eigenvalue weighted by Crippen LogP contribution is 2.09. The van der Waals surface area contributed by atoms with E-state index in [1.54, 1.807) is 0 Å². The molecule has 0 rings (SSSR count). The van der Waals surface area contributed by atoms with Gasteiger partial charge in [-0.3, -0.25) is 4.79 Å². The van der Waals surface area contributed by atoms with Gasteiger partial charge in [-0.2, -0.15) is 0 Å². The van der Waals surface area contributed by atoms with Gasteiger partial charge in [0.15, 0.2) is 0 Å². The fourth-order valence-electron chi connectivity index (χ4n) is 1.49. The van der Waals surface area contributed by atoms with E-state index < -0.39 is 0 Å². The molecule has 0 fully saturated rings. The van der Waals surface area contributed by atoms with E-state index in [9.17, 15) is 4.79 Å². The lowest BCUT2D eigenvalue weighted by Crippen LogP contribution is -2.49. The number of nitrogens with two attached hydrogens (primary N) is 1. The zero-order valence-corrected chi connectivity index (χ0v) is 9.69. The second-order valence-corrected chi connectivity index (χ2v) is 4.28. The molecule has 0 aliphatic carbocycles. The molecule has 1 amide bonds. The molecule has 0 radical (unpaired) electrons. The van der Waals surface area contributed by atoms with E-state index in [1.807, 2.05) is 0 Å². The Morgan fingerprint density at radius 3 is 2.00 bits per heavy atom. The van der Waals surface area contributed by atoms with Crippen molar-refractivity contribution in [2.75, 3.05) is 31.9 Å². The molecule has 0 atom stereocenters. The summed E-state index contributed by atoms with van der Waals surface area (Å²) in [5.74, 6) is 0.838. The molecule has 3 nitrogen and oxygen atoms in total. The first kappa shape index (κ1) is 12.8. The Hall–Kier alpha value is -0.220. The molecule has 0 aromatic heterocycles. The van der Waals surface area contributed by atoms with Crippen molar-refractivity contribution < 1.29 is 9.28 Å². The first-order valence-electron chi connectivity index (χ1n) is 4.87. The molecule has 0 saturated carbocycles. The van der Waals surface area contributed by atoms with E-state index in [0.29, 0.717) is 0 Å². The van der Waals surface area contributed by atoms with Gasteiger partial charge < -0.3 is 10.2 Å². The fraction of sp³-hybridized carbons (Fsp3) is 0.889. The first-order chi connectivity index (χ1) is 6.10. The first-order valence-corrected chi connectivity index (χ1v) is 5.86. The van der Waals surface area contributed by atoms with Crippen LogP contribution in [0.3, 0.4) is 0 Å². The van der Waals surface area contributed by atoms with E-state index in [0.717, 1.165) is 36.4 Å². The number of amides is 1. The summed E-state index contributed by atoms with van der Waals surface area (Å²) in [6.07, 6.45) is 0. The van der Waals surface area contributed by atoms with Crippen molar-refractivity contribution >= 4 is 17.0 Å². The fourth-order valence-corrected chi connectivity index (χ4v) is 2.16. The minimum absolute atomic E-state index is 0.263. The Kier molecular flexibility index (Phi) is 6.16. The van der Waals surface area contributed by atoms with Gasteiger partial charge in [0.1, 0.15) is 0 Å². The summed E-state index contributed by atoms with van der Waals surface area (Å²) in [5.41, 5.74) is 5.06. The lowest BCUT2D eigenvalue weighted by Gasteiger charge is -2.35. The number of primary amides is 1. The third-order valence-corrected chi connectivity index (χ3v) is 3.49. The van der Waals surface area contributed by atoms with Gasteiger partial charge in [-0.05, 0) is 20.8 Å². The van der Waals surface area contributed by atoms with Gasteiger partial charge in [0, 0.05) is 0 Å². The Bertz CT molecular complexity index is 149. The normalized spacial score (nSPS) is 11.6. The molecule has 0 saturated heterocycles. The Morgan fingerprint density at radius 2 is 1.69 bits per heavy atom. The maximum absolute atomic E-state index is 10.5. The SMILES string of the molecule is CC[N+](CC)(CC)CCSC(N)=O. The highest BCUT2D eigenvalue weighted by molar-refractivity contribution is 8.13. The van der Waals surface area contributed by atoms with Crippen molar-refractivity contribution in [3.05, 3.63) is 0 Å². The van der Waals surface area contributed by atoms with Crippen LogP contribution >= 0.6 is 11.8 Å². The van der Waals surface area contributed by atoms with Crippen LogP contribution in [-0.4, -0.2) is 41.7 Å². The van der Waals surface area contributed by atoms with Crippen molar-refractivity contribution in [3.8, 4) is 0 Å². The summed E-state index contributed by atoms with van der Waals surface area (Å²) in [5, 5.41) is -0.263. The van der Waals surface area contributed by atoms with Crippen LogP contribution in [0.5, 0.6) is 0 Å². The third-order valence-electron chi connectivity index (χ3n) is 2.82. The lowest BCUT2D eigenvalue weighted by molar-refractivity contribution is -0.920. The molecule has 13 heavy (non-hydrogen) atoms. The number of rotatable bonds is 6. The van der Waals surface area contributed by atoms with Crippen molar-refractivity contribution in [1.29, 1.82) is 0 Å². The van der Waals surface area contributed by atoms with Gasteiger partial charge in [-0.15, -0.1) is 0 Å². The molecule has 0 spiro atoms. The maximum atomic E-state index is 10.5. The summed E-state index contributed by atoms with van der Waals surface area (Å²) in [6, 6.07) is 0. The molecule has 0 aromatic carbocycles. The van der Waals surface area contributed by atoms with Crippen molar-refractivity contribution in [1.82, 2.24) is 0 Å². The highest BCUT2D eigenvalue weighted by Gasteiger charge is 2.20. The number of nitrogens with zero attached hydrogens (tertiary/aromatic N) is 1. The topological polar surface area (TPSA) is 43.1 Å². The van der Waals surface area contributed by atoms with Crippen LogP contribution in [-0.2, 0) is 0 Å². The number of carbonyl (C=O) groups excluding carboxylic acids is 1. The number of thioether (sulfide) groups is 1. The van der Waals surface area contributed by atoms with Crippen molar-refractivity contribution in [2.45, 2.75) is 20.8 Å². The van der Waals surface area contributed by atoms with E-state index in [2.05, 4.69) is 20.8 Å². The predicted octanol–water partition coefficient (Wildman–Crippen LogP) is 1.67. The molecule has 0 unspecified atom stereocenters. The lowest BCUT2D eigenvalue weighted by atomic mass is 10.3. The zero-order chi connectivity index (χ0) is 10.3. The summed E-state index contributed by atoms with van der Waals surface area (Å²) in [6.45, 7) is 11.0. The molecule has 2 N–H and O–H groups in total. The average Bonchev–Trinajstić information content (AvgIpc) is 2.13. The minimum atomic E-state index is -0.263. The van der Waals surface area contributed by atoms with Gasteiger partial charge in [-0.1, -0.05) is 11.8 Å². The van der Waals surface area contributed by atoms with Crippen LogP contribution in [0.2, 0.25) is 0 Å². The van der Waals surface area contributed by atoms with Crippen molar-refractivity contribution in [2.24, 2.45) is 5.73 Å². The van der Waals surface area contributed by atoms with Crippen LogP contribution in [0, 0.1) is 0 Å². The van der Waals surface area contributed by atoms with E-state index in [1.165, 1.54) is 11.8 Å². The van der Waals surface area contributed by atoms with Gasteiger partial charge in [0.25, 0.3) is 5.24 Å². The van der Waals surface area contributed by atoms with E-state index in [-0.39, 0.29) is 5.24 Å². The zero-order valence-electron chi connectivity index (χ0n) is 8.88. The summed E-state index contributed by atoms with van der Waals surface area (Å²) in [4.78, 5) is 10.5. The molecule has 0 aliphatic heterocycles. The summed E-state index contributed by atoms with van der Waals surface area (Å²) in [7, 11) is 0. The second-order valence-electron chi connectivity index (χ2n) is 3.18. The van der Waals surface area contributed by atoms with Gasteiger partial charge in [0.05, 0.1) is 31.9 Å². The van der Waals surface area contributed by atoms with Crippen LogP contribution in [0.1, 0.15) is 20.8 Å². The molecule has 78 valence electrons. The molecule has 0 heterocycles. The molecule has 0 aromatic rings. The number of hydrogen-bond donors (Lipinski definition) is 1. The van der Waals surface area contributed by atoms with E-state index >= 15 is 0 Å². The molecule has 0 bridgehead atoms. The molecular weight excluding hydrogens is 184 g/mol. The monoisotopic (exact) mass is 205 g/mol.